The number of primary amides is 1. The summed E-state index contributed by atoms with van der Waals surface area (Å²) in [4.78, 5) is 22.5. The molecule has 0 fully saturated rings. The standard InChI is InChI=1S/C17H27N3O3/c1-2-3-4-5-10-19-11-12-20-16(21)15-8-6-14(7-9-15)13-23-17(18)22/h6-9,19H,2-5,10-13H2,1H3,(H2,18,22)(H,20,21). The minimum atomic E-state index is -0.811. The summed E-state index contributed by atoms with van der Waals surface area (Å²) in [5.41, 5.74) is 6.27. The number of amides is 2. The largest absolute Gasteiger partial charge is 0.445 e. The van der Waals surface area contributed by atoms with Crippen LogP contribution in [0, 0.1) is 0 Å². The number of nitrogens with two attached hydrogens (primary N) is 1. The van der Waals surface area contributed by atoms with E-state index in [0.29, 0.717) is 12.1 Å². The van der Waals surface area contributed by atoms with Crippen LogP contribution in [0.25, 0.3) is 0 Å². The molecule has 1 aromatic carbocycles. The average Bonchev–Trinajstić information content (AvgIpc) is 2.55. The molecule has 0 aliphatic rings. The second kappa shape index (κ2) is 11.5. The summed E-state index contributed by atoms with van der Waals surface area (Å²) in [6.45, 7) is 4.66. The summed E-state index contributed by atoms with van der Waals surface area (Å²) < 4.78 is 4.69. The maximum absolute atomic E-state index is 12.0. The molecule has 0 aliphatic heterocycles. The van der Waals surface area contributed by atoms with E-state index in [9.17, 15) is 9.59 Å². The van der Waals surface area contributed by atoms with E-state index in [4.69, 9.17) is 5.73 Å². The molecule has 1 aromatic rings. The van der Waals surface area contributed by atoms with Crippen LogP contribution in [-0.4, -0.2) is 31.6 Å². The molecule has 4 N–H and O–H groups in total. The van der Waals surface area contributed by atoms with E-state index in [-0.39, 0.29) is 12.5 Å². The Bertz CT molecular complexity index is 474. The van der Waals surface area contributed by atoms with Gasteiger partial charge in [0.15, 0.2) is 0 Å². The maximum atomic E-state index is 12.0. The van der Waals surface area contributed by atoms with Crippen molar-refractivity contribution in [2.45, 2.75) is 39.2 Å². The topological polar surface area (TPSA) is 93.4 Å². The van der Waals surface area contributed by atoms with Gasteiger partial charge in [0, 0.05) is 18.7 Å². The van der Waals surface area contributed by atoms with Gasteiger partial charge in [0.05, 0.1) is 0 Å². The third-order valence-corrected chi connectivity index (χ3v) is 3.39. The van der Waals surface area contributed by atoms with Crippen molar-refractivity contribution >= 4 is 12.0 Å². The first-order valence-electron chi connectivity index (χ1n) is 8.13. The van der Waals surface area contributed by atoms with Gasteiger partial charge in [-0.15, -0.1) is 0 Å². The zero-order valence-electron chi connectivity index (χ0n) is 13.8. The molecule has 6 heteroatoms. The third-order valence-electron chi connectivity index (χ3n) is 3.39. The van der Waals surface area contributed by atoms with Gasteiger partial charge in [-0.05, 0) is 30.7 Å². The van der Waals surface area contributed by atoms with Gasteiger partial charge >= 0.3 is 6.09 Å². The number of hydrogen-bond acceptors (Lipinski definition) is 4. The Labute approximate surface area is 137 Å². The summed E-state index contributed by atoms with van der Waals surface area (Å²) >= 11 is 0. The maximum Gasteiger partial charge on any atom is 0.404 e. The lowest BCUT2D eigenvalue weighted by atomic mass is 10.1. The first-order chi connectivity index (χ1) is 11.1. The van der Waals surface area contributed by atoms with Crippen molar-refractivity contribution in [1.29, 1.82) is 0 Å². The molecule has 0 aliphatic carbocycles. The van der Waals surface area contributed by atoms with Gasteiger partial charge in [0.2, 0.25) is 0 Å². The van der Waals surface area contributed by atoms with Crippen molar-refractivity contribution in [3.63, 3.8) is 0 Å². The SMILES string of the molecule is CCCCCCNCCNC(=O)c1ccc(COC(N)=O)cc1. The number of nitrogens with one attached hydrogen (secondary N) is 2. The van der Waals surface area contributed by atoms with Crippen LogP contribution in [0.1, 0.15) is 48.5 Å². The quantitative estimate of drug-likeness (QED) is 0.545. The fraction of sp³-hybridized carbons (Fsp3) is 0.529. The molecule has 0 heterocycles. The van der Waals surface area contributed by atoms with Gasteiger partial charge in [0.1, 0.15) is 6.61 Å². The van der Waals surface area contributed by atoms with Crippen molar-refractivity contribution in [2.75, 3.05) is 19.6 Å². The van der Waals surface area contributed by atoms with Gasteiger partial charge in [-0.1, -0.05) is 38.3 Å². The van der Waals surface area contributed by atoms with E-state index < -0.39 is 6.09 Å². The number of unbranched alkanes of at least 4 members (excludes halogenated alkanes) is 3. The van der Waals surface area contributed by atoms with E-state index in [0.717, 1.165) is 18.7 Å². The first-order valence-corrected chi connectivity index (χ1v) is 8.13. The molecule has 128 valence electrons. The molecule has 0 aromatic heterocycles. The molecule has 0 bridgehead atoms. The zero-order valence-corrected chi connectivity index (χ0v) is 13.8. The molecule has 23 heavy (non-hydrogen) atoms. The Morgan fingerprint density at radius 2 is 1.78 bits per heavy atom. The van der Waals surface area contributed by atoms with Crippen LogP contribution >= 0.6 is 0 Å². The molecule has 2 amide bonds. The first kappa shape index (κ1) is 19.0. The van der Waals surface area contributed by atoms with Crippen LogP contribution in [0.2, 0.25) is 0 Å². The number of carbonyl (C=O) groups is 2. The summed E-state index contributed by atoms with van der Waals surface area (Å²) in [6, 6.07) is 6.88. The lowest BCUT2D eigenvalue weighted by molar-refractivity contribution is 0.0953. The fourth-order valence-corrected chi connectivity index (χ4v) is 2.08. The molecule has 0 atom stereocenters. The Morgan fingerprint density at radius 1 is 1.04 bits per heavy atom. The predicted octanol–water partition coefficient (Wildman–Crippen LogP) is 2.18. The van der Waals surface area contributed by atoms with Gasteiger partial charge in [-0.3, -0.25) is 4.79 Å². The number of ether oxygens (including phenoxy) is 1. The zero-order chi connectivity index (χ0) is 16.9. The lowest BCUT2D eigenvalue weighted by Crippen LogP contribution is -2.32. The predicted molar refractivity (Wildman–Crippen MR) is 90.2 cm³/mol. The van der Waals surface area contributed by atoms with Crippen molar-refractivity contribution in [2.24, 2.45) is 5.73 Å². The molecule has 0 unspecified atom stereocenters. The van der Waals surface area contributed by atoms with Crippen LogP contribution in [0.5, 0.6) is 0 Å². The molecule has 0 saturated carbocycles. The Balaban J connectivity index is 2.18. The molecular weight excluding hydrogens is 294 g/mol. The molecule has 6 nitrogen and oxygen atoms in total. The van der Waals surface area contributed by atoms with Gasteiger partial charge in [-0.25, -0.2) is 4.79 Å². The molecule has 0 radical (unpaired) electrons. The molecule has 1 rings (SSSR count). The van der Waals surface area contributed by atoms with Crippen LogP contribution in [0.15, 0.2) is 24.3 Å². The number of benzene rings is 1. The van der Waals surface area contributed by atoms with Crippen molar-refractivity contribution in [3.05, 3.63) is 35.4 Å². The molecule has 0 spiro atoms. The second-order valence-corrected chi connectivity index (χ2v) is 5.37. The molecular formula is C17H27N3O3. The van der Waals surface area contributed by atoms with Crippen molar-refractivity contribution in [3.8, 4) is 0 Å². The van der Waals surface area contributed by atoms with E-state index in [2.05, 4.69) is 22.3 Å². The highest BCUT2D eigenvalue weighted by atomic mass is 16.5. The van der Waals surface area contributed by atoms with Crippen LogP contribution < -0.4 is 16.4 Å². The van der Waals surface area contributed by atoms with Crippen molar-refractivity contribution in [1.82, 2.24) is 10.6 Å². The van der Waals surface area contributed by atoms with E-state index in [1.54, 1.807) is 24.3 Å². The second-order valence-electron chi connectivity index (χ2n) is 5.37. The van der Waals surface area contributed by atoms with E-state index in [1.165, 1.54) is 25.7 Å². The molecule has 0 saturated heterocycles. The Kier molecular flexibility index (Phi) is 9.47. The summed E-state index contributed by atoms with van der Waals surface area (Å²) in [7, 11) is 0. The van der Waals surface area contributed by atoms with E-state index >= 15 is 0 Å². The third kappa shape index (κ3) is 8.83. The van der Waals surface area contributed by atoms with Gasteiger partial charge < -0.3 is 21.1 Å². The Morgan fingerprint density at radius 3 is 2.43 bits per heavy atom. The number of carbonyl (C=O) groups excluding carboxylic acids is 2. The van der Waals surface area contributed by atoms with Gasteiger partial charge in [-0.2, -0.15) is 0 Å². The van der Waals surface area contributed by atoms with Gasteiger partial charge in [0.25, 0.3) is 5.91 Å². The fourth-order valence-electron chi connectivity index (χ4n) is 2.08. The summed E-state index contributed by atoms with van der Waals surface area (Å²) in [6.07, 6.45) is 4.13. The lowest BCUT2D eigenvalue weighted by Gasteiger charge is -2.08. The minimum Gasteiger partial charge on any atom is -0.445 e. The van der Waals surface area contributed by atoms with Crippen LogP contribution in [-0.2, 0) is 11.3 Å². The average molecular weight is 321 g/mol. The van der Waals surface area contributed by atoms with Crippen LogP contribution in [0.4, 0.5) is 4.79 Å². The number of rotatable bonds is 11. The normalized spacial score (nSPS) is 10.3. The number of hydrogen-bond donors (Lipinski definition) is 3. The van der Waals surface area contributed by atoms with Crippen LogP contribution in [0.3, 0.4) is 0 Å². The van der Waals surface area contributed by atoms with Crippen molar-refractivity contribution < 1.29 is 14.3 Å². The monoisotopic (exact) mass is 321 g/mol. The van der Waals surface area contributed by atoms with E-state index in [1.807, 2.05) is 0 Å². The Hall–Kier alpha value is -2.08. The highest BCUT2D eigenvalue weighted by Crippen LogP contribution is 2.05. The summed E-state index contributed by atoms with van der Waals surface area (Å²) in [5, 5.41) is 6.18. The highest BCUT2D eigenvalue weighted by Gasteiger charge is 2.05. The minimum absolute atomic E-state index is 0.110. The smallest absolute Gasteiger partial charge is 0.404 e. The summed E-state index contributed by atoms with van der Waals surface area (Å²) in [5.74, 6) is -0.111. The highest BCUT2D eigenvalue weighted by molar-refractivity contribution is 5.94.